The third-order valence-electron chi connectivity index (χ3n) is 5.32. The summed E-state index contributed by atoms with van der Waals surface area (Å²) in [6.45, 7) is 0.550. The molecule has 0 radical (unpaired) electrons. The van der Waals surface area contributed by atoms with Crippen LogP contribution in [0.5, 0.6) is 0 Å². The van der Waals surface area contributed by atoms with Crippen molar-refractivity contribution in [2.45, 2.75) is 17.7 Å². The van der Waals surface area contributed by atoms with E-state index in [1.54, 1.807) is 24.3 Å². The monoisotopic (exact) mass is 486 g/mol. The Bertz CT molecular complexity index is 1260. The van der Waals surface area contributed by atoms with Crippen LogP contribution < -0.4 is 5.32 Å². The molecular formula is C22H19ClN4O3S2. The zero-order valence-electron chi connectivity index (χ0n) is 16.9. The molecule has 0 saturated carbocycles. The summed E-state index contributed by atoms with van der Waals surface area (Å²) in [4.78, 5) is 17.4. The molecular weight excluding hydrogens is 468 g/mol. The Kier molecular flexibility index (Phi) is 6.58. The van der Waals surface area contributed by atoms with Gasteiger partial charge in [0, 0.05) is 35.0 Å². The van der Waals surface area contributed by atoms with Crippen LogP contribution in [0.4, 0.5) is 5.13 Å². The van der Waals surface area contributed by atoms with E-state index in [1.807, 2.05) is 17.5 Å². The quantitative estimate of drug-likeness (QED) is 0.576. The van der Waals surface area contributed by atoms with Gasteiger partial charge in [-0.15, -0.1) is 11.3 Å². The average Bonchev–Trinajstić information content (AvgIpc) is 3.28. The lowest BCUT2D eigenvalue weighted by molar-refractivity contribution is -0.120. The molecule has 164 valence electrons. The van der Waals surface area contributed by atoms with Gasteiger partial charge in [-0.1, -0.05) is 23.7 Å². The van der Waals surface area contributed by atoms with E-state index in [-0.39, 0.29) is 29.8 Å². The number of amides is 1. The highest BCUT2D eigenvalue weighted by Gasteiger charge is 2.32. The molecule has 4 rings (SSSR count). The molecule has 0 spiro atoms. The Labute approximate surface area is 195 Å². The molecule has 1 amide bonds. The van der Waals surface area contributed by atoms with Crippen molar-refractivity contribution in [3.05, 3.63) is 64.5 Å². The van der Waals surface area contributed by atoms with Crippen molar-refractivity contribution in [3.63, 3.8) is 0 Å². The number of carbonyl (C=O) groups excluding carboxylic acids is 1. The average molecular weight is 487 g/mol. The maximum absolute atomic E-state index is 12.8. The predicted octanol–water partition coefficient (Wildman–Crippen LogP) is 4.37. The minimum absolute atomic E-state index is 0.158. The van der Waals surface area contributed by atoms with Gasteiger partial charge in [-0.2, -0.15) is 9.57 Å². The van der Waals surface area contributed by atoms with Crippen molar-refractivity contribution in [1.82, 2.24) is 9.29 Å². The number of rotatable bonds is 5. The number of nitrogens with one attached hydrogen (secondary N) is 1. The summed E-state index contributed by atoms with van der Waals surface area (Å²) in [7, 11) is -3.61. The minimum Gasteiger partial charge on any atom is -0.302 e. The Hall–Kier alpha value is -2.77. The van der Waals surface area contributed by atoms with Crippen LogP contribution >= 0.6 is 22.9 Å². The summed E-state index contributed by atoms with van der Waals surface area (Å²) >= 11 is 7.17. The first-order valence-electron chi connectivity index (χ1n) is 9.89. The van der Waals surface area contributed by atoms with Crippen LogP contribution in [0.2, 0.25) is 5.02 Å². The first kappa shape index (κ1) is 22.4. The number of nitriles is 1. The second kappa shape index (κ2) is 9.38. The van der Waals surface area contributed by atoms with Crippen LogP contribution in [0.25, 0.3) is 11.3 Å². The number of benzene rings is 2. The van der Waals surface area contributed by atoms with Crippen LogP contribution in [-0.4, -0.2) is 36.7 Å². The van der Waals surface area contributed by atoms with Gasteiger partial charge < -0.3 is 5.32 Å². The molecule has 0 aliphatic carbocycles. The summed E-state index contributed by atoms with van der Waals surface area (Å²) in [6, 6.07) is 15.2. The number of nitrogens with zero attached hydrogens (tertiary/aromatic N) is 3. The molecule has 1 aliphatic heterocycles. The second-order valence-electron chi connectivity index (χ2n) is 7.35. The van der Waals surface area contributed by atoms with E-state index in [0.29, 0.717) is 28.6 Å². The van der Waals surface area contributed by atoms with E-state index in [9.17, 15) is 13.2 Å². The van der Waals surface area contributed by atoms with Crippen molar-refractivity contribution in [3.8, 4) is 17.3 Å². The van der Waals surface area contributed by atoms with Gasteiger partial charge in [0.15, 0.2) is 5.13 Å². The fourth-order valence-electron chi connectivity index (χ4n) is 3.50. The molecule has 3 aromatic rings. The van der Waals surface area contributed by atoms with Gasteiger partial charge >= 0.3 is 0 Å². The molecule has 0 bridgehead atoms. The fourth-order valence-corrected chi connectivity index (χ4v) is 5.82. The van der Waals surface area contributed by atoms with Crippen molar-refractivity contribution < 1.29 is 13.2 Å². The molecule has 1 aromatic heterocycles. The molecule has 32 heavy (non-hydrogen) atoms. The molecule has 0 atom stereocenters. The highest BCUT2D eigenvalue weighted by atomic mass is 35.5. The highest BCUT2D eigenvalue weighted by molar-refractivity contribution is 7.89. The molecule has 1 saturated heterocycles. The van der Waals surface area contributed by atoms with Gasteiger partial charge in [0.2, 0.25) is 15.9 Å². The van der Waals surface area contributed by atoms with E-state index in [1.165, 1.54) is 27.8 Å². The standard InChI is InChI=1S/C22H19ClN4O3S2/c23-18-5-7-19(8-6-18)32(29,30)27-11-9-17(10-12-27)21(28)26-22-25-20(14-31-22)16-3-1-15(13-24)2-4-16/h1-8,14,17H,9-12H2,(H,25,26,28). The lowest BCUT2D eigenvalue weighted by Crippen LogP contribution is -2.41. The molecule has 0 unspecified atom stereocenters. The van der Waals surface area contributed by atoms with E-state index >= 15 is 0 Å². The minimum atomic E-state index is -3.61. The number of piperidine rings is 1. The summed E-state index contributed by atoms with van der Waals surface area (Å²) < 4.78 is 27.0. The summed E-state index contributed by atoms with van der Waals surface area (Å²) in [5.74, 6) is -0.441. The zero-order valence-corrected chi connectivity index (χ0v) is 19.3. The van der Waals surface area contributed by atoms with Gasteiger partial charge in [0.25, 0.3) is 0 Å². The van der Waals surface area contributed by atoms with E-state index in [0.717, 1.165) is 11.3 Å². The third-order valence-corrected chi connectivity index (χ3v) is 8.24. The summed E-state index contributed by atoms with van der Waals surface area (Å²) in [6.07, 6.45) is 0.874. The van der Waals surface area contributed by atoms with Crippen molar-refractivity contribution in [2.24, 2.45) is 5.92 Å². The van der Waals surface area contributed by atoms with Crippen molar-refractivity contribution in [2.75, 3.05) is 18.4 Å². The molecule has 10 heteroatoms. The highest BCUT2D eigenvalue weighted by Crippen LogP contribution is 2.28. The Balaban J connectivity index is 1.35. The molecule has 2 aromatic carbocycles. The lowest BCUT2D eigenvalue weighted by Gasteiger charge is -2.30. The first-order valence-corrected chi connectivity index (χ1v) is 12.6. The number of hydrogen-bond donors (Lipinski definition) is 1. The molecule has 1 aliphatic rings. The number of halogens is 1. The number of anilines is 1. The number of carbonyl (C=O) groups is 1. The van der Waals surface area contributed by atoms with E-state index in [4.69, 9.17) is 16.9 Å². The first-order chi connectivity index (χ1) is 15.4. The topological polar surface area (TPSA) is 103 Å². The number of thiazole rings is 1. The molecule has 2 heterocycles. The SMILES string of the molecule is N#Cc1ccc(-c2csc(NC(=O)C3CCN(S(=O)(=O)c4ccc(Cl)cc4)CC3)n2)cc1. The Morgan fingerprint density at radius 2 is 1.78 bits per heavy atom. The molecule has 7 nitrogen and oxygen atoms in total. The summed E-state index contributed by atoms with van der Waals surface area (Å²) in [5.41, 5.74) is 2.15. The fraction of sp³-hybridized carbons (Fsp3) is 0.227. The number of hydrogen-bond acceptors (Lipinski definition) is 6. The summed E-state index contributed by atoms with van der Waals surface area (Å²) in [5, 5.41) is 14.6. The molecule has 1 N–H and O–H groups in total. The van der Waals surface area contributed by atoms with Crippen LogP contribution in [0.3, 0.4) is 0 Å². The Morgan fingerprint density at radius 3 is 2.41 bits per heavy atom. The van der Waals surface area contributed by atoms with Gasteiger partial charge in [0.05, 0.1) is 22.2 Å². The maximum Gasteiger partial charge on any atom is 0.243 e. The maximum atomic E-state index is 12.8. The third kappa shape index (κ3) is 4.84. The second-order valence-corrected chi connectivity index (χ2v) is 10.6. The van der Waals surface area contributed by atoms with E-state index in [2.05, 4.69) is 16.4 Å². The van der Waals surface area contributed by atoms with Crippen LogP contribution in [0.1, 0.15) is 18.4 Å². The van der Waals surface area contributed by atoms with Crippen LogP contribution in [-0.2, 0) is 14.8 Å². The van der Waals surface area contributed by atoms with Crippen molar-refractivity contribution >= 4 is 44.0 Å². The predicted molar refractivity (Wildman–Crippen MR) is 124 cm³/mol. The number of sulfonamides is 1. The molecule has 1 fully saturated rings. The van der Waals surface area contributed by atoms with Gasteiger partial charge in [-0.25, -0.2) is 13.4 Å². The van der Waals surface area contributed by atoms with Gasteiger partial charge in [-0.3, -0.25) is 4.79 Å². The van der Waals surface area contributed by atoms with Crippen LogP contribution in [0.15, 0.2) is 58.8 Å². The van der Waals surface area contributed by atoms with Crippen molar-refractivity contribution in [1.29, 1.82) is 5.26 Å². The smallest absolute Gasteiger partial charge is 0.243 e. The lowest BCUT2D eigenvalue weighted by atomic mass is 9.97. The Morgan fingerprint density at radius 1 is 1.12 bits per heavy atom. The largest absolute Gasteiger partial charge is 0.302 e. The van der Waals surface area contributed by atoms with Crippen LogP contribution in [0, 0.1) is 17.2 Å². The normalized spacial score (nSPS) is 15.2. The number of aromatic nitrogens is 1. The van der Waals surface area contributed by atoms with Gasteiger partial charge in [-0.05, 0) is 49.2 Å². The van der Waals surface area contributed by atoms with E-state index < -0.39 is 10.0 Å². The van der Waals surface area contributed by atoms with Gasteiger partial charge in [0.1, 0.15) is 0 Å². The zero-order chi connectivity index (χ0) is 22.7.